The molecule has 3 rings (SSSR count). The summed E-state index contributed by atoms with van der Waals surface area (Å²) in [5.74, 6) is 0.513. The second kappa shape index (κ2) is 8.07. The molecule has 0 radical (unpaired) electrons. The summed E-state index contributed by atoms with van der Waals surface area (Å²) in [7, 11) is -3.54. The zero-order valence-electron chi connectivity index (χ0n) is 13.8. The van der Waals surface area contributed by atoms with Gasteiger partial charge in [-0.3, -0.25) is 0 Å². The molecule has 3 aromatic rings. The third-order valence-electron chi connectivity index (χ3n) is 3.52. The summed E-state index contributed by atoms with van der Waals surface area (Å²) < 4.78 is 41.4. The molecule has 9 heteroatoms. The Morgan fingerprint density at radius 3 is 2.50 bits per heavy atom. The second-order valence-electron chi connectivity index (χ2n) is 5.58. The number of rotatable bonds is 8. The molecule has 7 nitrogen and oxygen atoms in total. The molecule has 0 aliphatic heterocycles. The van der Waals surface area contributed by atoms with Crippen LogP contribution in [0.25, 0.3) is 5.82 Å². The Morgan fingerprint density at radius 2 is 1.81 bits per heavy atom. The summed E-state index contributed by atoms with van der Waals surface area (Å²) >= 11 is 0. The highest BCUT2D eigenvalue weighted by Crippen LogP contribution is 2.08. The molecule has 0 spiro atoms. The lowest BCUT2D eigenvalue weighted by molar-refractivity contribution is 0.581. The Hall–Kier alpha value is -2.78. The van der Waals surface area contributed by atoms with Gasteiger partial charge in [-0.2, -0.15) is 0 Å². The van der Waals surface area contributed by atoms with E-state index in [0.29, 0.717) is 23.7 Å². The molecular formula is C17H18FN5O2S. The Labute approximate surface area is 150 Å². The highest BCUT2D eigenvalue weighted by Gasteiger charge is 2.11. The van der Waals surface area contributed by atoms with Gasteiger partial charge in [-0.15, -0.1) is 10.2 Å². The minimum atomic E-state index is -3.54. The van der Waals surface area contributed by atoms with Gasteiger partial charge < -0.3 is 9.88 Å². The molecule has 0 aliphatic carbocycles. The van der Waals surface area contributed by atoms with Crippen molar-refractivity contribution >= 4 is 15.8 Å². The zero-order chi connectivity index (χ0) is 18.4. The first-order valence-corrected chi connectivity index (χ1v) is 9.60. The number of hydrogen-bond donors (Lipinski definition) is 2. The van der Waals surface area contributed by atoms with E-state index >= 15 is 0 Å². The Balaban J connectivity index is 1.46. The van der Waals surface area contributed by atoms with Crippen molar-refractivity contribution in [3.63, 3.8) is 0 Å². The van der Waals surface area contributed by atoms with Gasteiger partial charge in [-0.1, -0.05) is 12.1 Å². The molecule has 0 fully saturated rings. The van der Waals surface area contributed by atoms with E-state index in [1.54, 1.807) is 12.1 Å². The normalized spacial score (nSPS) is 11.4. The van der Waals surface area contributed by atoms with Gasteiger partial charge in [0.05, 0.1) is 5.75 Å². The number of anilines is 1. The van der Waals surface area contributed by atoms with Crippen LogP contribution in [0.1, 0.15) is 5.56 Å². The van der Waals surface area contributed by atoms with Crippen LogP contribution in [0, 0.1) is 5.82 Å². The van der Waals surface area contributed by atoms with Crippen molar-refractivity contribution in [2.45, 2.75) is 5.75 Å². The first kappa shape index (κ1) is 18.0. The average Bonchev–Trinajstić information content (AvgIpc) is 3.13. The summed E-state index contributed by atoms with van der Waals surface area (Å²) in [6.45, 7) is 0.526. The molecule has 0 saturated carbocycles. The van der Waals surface area contributed by atoms with Crippen LogP contribution in [0.3, 0.4) is 0 Å². The fraction of sp³-hybridized carbons (Fsp3) is 0.176. The monoisotopic (exact) mass is 375 g/mol. The van der Waals surface area contributed by atoms with Crippen LogP contribution in [0.4, 0.5) is 10.2 Å². The van der Waals surface area contributed by atoms with Crippen LogP contribution in [-0.4, -0.2) is 36.3 Å². The van der Waals surface area contributed by atoms with Crippen LogP contribution in [-0.2, 0) is 15.8 Å². The van der Waals surface area contributed by atoms with E-state index in [-0.39, 0.29) is 12.3 Å². The molecule has 2 aromatic heterocycles. The molecule has 1 aromatic carbocycles. The third kappa shape index (κ3) is 5.11. The number of benzene rings is 1. The smallest absolute Gasteiger partial charge is 0.215 e. The maximum absolute atomic E-state index is 13.1. The van der Waals surface area contributed by atoms with Gasteiger partial charge in [0, 0.05) is 25.5 Å². The van der Waals surface area contributed by atoms with Crippen LogP contribution in [0.2, 0.25) is 0 Å². The molecule has 0 aliphatic rings. The van der Waals surface area contributed by atoms with E-state index in [4.69, 9.17) is 0 Å². The van der Waals surface area contributed by atoms with Gasteiger partial charge in [0.25, 0.3) is 0 Å². The predicted molar refractivity (Wildman–Crippen MR) is 96.9 cm³/mol. The number of aromatic nitrogens is 3. The predicted octanol–water partition coefficient (Wildman–Crippen LogP) is 1.94. The highest BCUT2D eigenvalue weighted by molar-refractivity contribution is 7.88. The van der Waals surface area contributed by atoms with Crippen molar-refractivity contribution in [1.29, 1.82) is 0 Å². The van der Waals surface area contributed by atoms with Gasteiger partial charge in [0.15, 0.2) is 5.82 Å². The van der Waals surface area contributed by atoms with Crippen LogP contribution >= 0.6 is 0 Å². The average molecular weight is 375 g/mol. The maximum Gasteiger partial charge on any atom is 0.215 e. The van der Waals surface area contributed by atoms with E-state index < -0.39 is 15.8 Å². The summed E-state index contributed by atoms with van der Waals surface area (Å²) in [4.78, 5) is 0. The lowest BCUT2D eigenvalue weighted by Gasteiger charge is -2.09. The maximum atomic E-state index is 13.1. The SMILES string of the molecule is O=S(=O)(Cc1cccc(F)c1)NCCNc1ccc(-n2cccc2)nn1. The molecule has 0 saturated heterocycles. The molecule has 136 valence electrons. The van der Waals surface area contributed by atoms with Gasteiger partial charge in [0.2, 0.25) is 10.0 Å². The number of nitrogens with zero attached hydrogens (tertiary/aromatic N) is 3. The van der Waals surface area contributed by atoms with Crippen LogP contribution < -0.4 is 10.0 Å². The molecular weight excluding hydrogens is 357 g/mol. The lowest BCUT2D eigenvalue weighted by Crippen LogP contribution is -2.30. The number of halogens is 1. The van der Waals surface area contributed by atoms with Crippen molar-refractivity contribution in [2.75, 3.05) is 18.4 Å². The van der Waals surface area contributed by atoms with Crippen molar-refractivity contribution in [2.24, 2.45) is 0 Å². The van der Waals surface area contributed by atoms with Gasteiger partial charge in [-0.05, 0) is 42.0 Å². The van der Waals surface area contributed by atoms with Crippen LogP contribution in [0.15, 0.2) is 60.9 Å². The lowest BCUT2D eigenvalue weighted by atomic mass is 10.2. The topological polar surface area (TPSA) is 88.9 Å². The highest BCUT2D eigenvalue weighted by atomic mass is 32.2. The van der Waals surface area contributed by atoms with Gasteiger partial charge >= 0.3 is 0 Å². The largest absolute Gasteiger partial charge is 0.367 e. The summed E-state index contributed by atoms with van der Waals surface area (Å²) in [6.07, 6.45) is 3.73. The van der Waals surface area contributed by atoms with Gasteiger partial charge in [-0.25, -0.2) is 17.5 Å². The molecule has 0 bridgehead atoms. The van der Waals surface area contributed by atoms with Crippen molar-refractivity contribution in [3.05, 3.63) is 72.3 Å². The summed E-state index contributed by atoms with van der Waals surface area (Å²) in [6, 6.07) is 12.9. The third-order valence-corrected chi connectivity index (χ3v) is 4.88. The second-order valence-corrected chi connectivity index (χ2v) is 7.38. The molecule has 0 amide bonds. The number of hydrogen-bond acceptors (Lipinski definition) is 5. The first-order chi connectivity index (χ1) is 12.5. The minimum absolute atomic E-state index is 0.179. The zero-order valence-corrected chi connectivity index (χ0v) is 14.7. The molecule has 2 heterocycles. The first-order valence-electron chi connectivity index (χ1n) is 7.95. The standard InChI is InChI=1S/C17H18FN5O2S/c18-15-5-3-4-14(12-15)13-26(24,25)20-9-8-19-16-6-7-17(22-21-16)23-10-1-2-11-23/h1-7,10-12,20H,8-9,13H2,(H,19,21). The van der Waals surface area contributed by atoms with E-state index in [1.807, 2.05) is 35.2 Å². The molecule has 26 heavy (non-hydrogen) atoms. The fourth-order valence-electron chi connectivity index (χ4n) is 2.34. The molecule has 2 N–H and O–H groups in total. The Morgan fingerprint density at radius 1 is 1.00 bits per heavy atom. The minimum Gasteiger partial charge on any atom is -0.367 e. The Kier molecular flexibility index (Phi) is 5.59. The summed E-state index contributed by atoms with van der Waals surface area (Å²) in [5.41, 5.74) is 0.400. The van der Waals surface area contributed by atoms with Gasteiger partial charge in [0.1, 0.15) is 11.6 Å². The van der Waals surface area contributed by atoms with Crippen LogP contribution in [0.5, 0.6) is 0 Å². The Bertz CT molecular complexity index is 944. The summed E-state index contributed by atoms with van der Waals surface area (Å²) in [5, 5.41) is 11.1. The van der Waals surface area contributed by atoms with E-state index in [0.717, 1.165) is 0 Å². The quantitative estimate of drug-likeness (QED) is 0.588. The van der Waals surface area contributed by atoms with Crippen molar-refractivity contribution in [3.8, 4) is 5.82 Å². The molecule has 0 atom stereocenters. The fourth-order valence-corrected chi connectivity index (χ4v) is 3.47. The van der Waals surface area contributed by atoms with Crippen molar-refractivity contribution < 1.29 is 12.8 Å². The van der Waals surface area contributed by atoms with E-state index in [1.165, 1.54) is 18.2 Å². The molecule has 0 unspecified atom stereocenters. The van der Waals surface area contributed by atoms with Crippen molar-refractivity contribution in [1.82, 2.24) is 19.5 Å². The van der Waals surface area contributed by atoms with E-state index in [9.17, 15) is 12.8 Å². The number of sulfonamides is 1. The number of nitrogens with one attached hydrogen (secondary N) is 2. The van der Waals surface area contributed by atoms with E-state index in [2.05, 4.69) is 20.2 Å².